The van der Waals surface area contributed by atoms with Gasteiger partial charge < -0.3 is 5.72 Å². The highest BCUT2D eigenvalue weighted by Crippen LogP contribution is 2.10. The maximum Gasteiger partial charge on any atom is 0.156 e. The molecule has 0 bridgehead atoms. The molecule has 1 rings (SSSR count). The lowest BCUT2D eigenvalue weighted by Crippen LogP contribution is -1.88. The molecule has 0 spiro atoms. The Bertz CT molecular complexity index is 527. The smallest absolute Gasteiger partial charge is 0.156 e. The molecule has 0 heterocycles. The number of hydrogen-bond acceptors (Lipinski definition) is 1. The van der Waals surface area contributed by atoms with Gasteiger partial charge in [-0.25, -0.2) is 0 Å². The van der Waals surface area contributed by atoms with Gasteiger partial charge in [0.2, 0.25) is 0 Å². The van der Waals surface area contributed by atoms with E-state index in [4.69, 9.17) is 15.2 Å². The highest BCUT2D eigenvalue weighted by Gasteiger charge is 1.89. The van der Waals surface area contributed by atoms with Crippen LogP contribution >= 0.6 is 0 Å². The van der Waals surface area contributed by atoms with Crippen molar-refractivity contribution < 1.29 is 15.2 Å². The predicted molar refractivity (Wildman–Crippen MR) is 40.3 cm³/mol. The van der Waals surface area contributed by atoms with Crippen LogP contribution in [0.3, 0.4) is 0 Å². The molecule has 1 aromatic carbocycles. The van der Waals surface area contributed by atoms with E-state index in [9.17, 15) is 0 Å². The Labute approximate surface area is 71.1 Å². The Morgan fingerprint density at radius 2 is 2.67 bits per heavy atom. The summed E-state index contributed by atoms with van der Waals surface area (Å²) in [6.45, 7) is -5.91. The highest BCUT2D eigenvalue weighted by atomic mass is 14.5. The Morgan fingerprint density at radius 3 is 3.33 bits per heavy atom. The molecule has 9 heavy (non-hydrogen) atoms. The zero-order valence-corrected chi connectivity index (χ0v) is 4.45. The second-order valence-electron chi connectivity index (χ2n) is 1.47. The molecular weight excluding hydrogens is 110 g/mol. The lowest BCUT2D eigenvalue weighted by atomic mass is 10.1. The van der Waals surface area contributed by atoms with Crippen molar-refractivity contribution in [1.82, 2.24) is 0 Å². The van der Waals surface area contributed by atoms with Gasteiger partial charge in [-0.2, -0.15) is 0 Å². The van der Waals surface area contributed by atoms with E-state index < -0.39 is 48.6 Å². The summed E-state index contributed by atoms with van der Waals surface area (Å²) in [5, 5.41) is 0. The number of anilines is 1. The summed E-state index contributed by atoms with van der Waals surface area (Å²) in [4.78, 5) is 0. The van der Waals surface area contributed by atoms with Crippen molar-refractivity contribution in [2.75, 3.05) is 5.72 Å². The molecule has 1 heteroatoms. The number of benzene rings is 1. The van der Waals surface area contributed by atoms with Gasteiger partial charge >= 0.3 is 0 Å². The molecule has 0 aliphatic rings. The third-order valence-corrected chi connectivity index (χ3v) is 0.793. The lowest BCUT2D eigenvalue weighted by molar-refractivity contribution is 1.39. The Balaban J connectivity index is 3.95. The molecule has 0 atom stereocenters. The van der Waals surface area contributed by atoms with Crippen LogP contribution in [0.4, 0.5) is 5.69 Å². The van der Waals surface area contributed by atoms with Crippen molar-refractivity contribution in [1.29, 1.82) is 0 Å². The van der Waals surface area contributed by atoms with Gasteiger partial charge in [-0.1, -0.05) is 17.6 Å². The number of nitrogen functional groups attached to an aromatic ring is 1. The van der Waals surface area contributed by atoms with E-state index in [0.29, 0.717) is 0 Å². The normalized spacial score (nSPS) is 29.6. The van der Waals surface area contributed by atoms with Gasteiger partial charge in [-0.3, -0.25) is 0 Å². The van der Waals surface area contributed by atoms with Crippen LogP contribution < -0.4 is 5.72 Å². The van der Waals surface area contributed by atoms with Crippen LogP contribution in [0.1, 0.15) is 23.5 Å². The molecule has 0 amide bonds. The number of hydrogen-bond donors (Lipinski definition) is 1. The summed E-state index contributed by atoms with van der Waals surface area (Å²) in [5.74, 6) is 0. The van der Waals surface area contributed by atoms with Crippen LogP contribution in [0.25, 0.3) is 0 Å². The molecule has 2 N–H and O–H groups in total. The highest BCUT2D eigenvalue weighted by molar-refractivity contribution is 5.47. The predicted octanol–water partition coefficient (Wildman–Crippen LogP) is 1.89. The largest absolute Gasteiger partial charge is 0.399 e. The van der Waals surface area contributed by atoms with Crippen LogP contribution in [-0.2, 0) is 0 Å². The van der Waals surface area contributed by atoms with Gasteiger partial charge in [-0.05, 0) is 25.3 Å². The second kappa shape index (κ2) is 2.09. The molecule has 1 aromatic rings. The Hall–Kier alpha value is -0.980. The minimum atomic E-state index is -2.98. The molecule has 1 nitrogen and oxygen atoms in total. The standard InChI is InChI=1S/C8H11N/c1-6-3-4-8(9)7(2)5-6/h3-5H,9H2,1-2H3/i1D3,2D3,3D,4D,5D/hD2. The summed E-state index contributed by atoms with van der Waals surface area (Å²) < 4.78 is 80.8. The van der Waals surface area contributed by atoms with E-state index in [1.54, 1.807) is 0 Å². The summed E-state index contributed by atoms with van der Waals surface area (Å²) in [6.07, 6.45) is 0. The Morgan fingerprint density at radius 1 is 1.67 bits per heavy atom. The summed E-state index contributed by atoms with van der Waals surface area (Å²) >= 11 is 0. The van der Waals surface area contributed by atoms with Crippen molar-refractivity contribution in [3.8, 4) is 0 Å². The van der Waals surface area contributed by atoms with E-state index >= 15 is 0 Å². The zero-order chi connectivity index (χ0) is 16.0. The lowest BCUT2D eigenvalue weighted by Gasteiger charge is -1.98. The van der Waals surface area contributed by atoms with Crippen LogP contribution in [0, 0.1) is 13.7 Å². The fourth-order valence-electron chi connectivity index (χ4n) is 0.400. The molecule has 0 aromatic heterocycles. The van der Waals surface area contributed by atoms with E-state index in [2.05, 4.69) is 0 Å². The van der Waals surface area contributed by atoms with E-state index in [1.165, 1.54) is 0 Å². The first-order valence-corrected chi connectivity index (χ1v) is 2.22. The fourth-order valence-corrected chi connectivity index (χ4v) is 0.400. The molecule has 0 aliphatic carbocycles. The van der Waals surface area contributed by atoms with Crippen molar-refractivity contribution in [2.45, 2.75) is 13.7 Å². The van der Waals surface area contributed by atoms with Crippen LogP contribution in [0.5, 0.6) is 0 Å². The summed E-state index contributed by atoms with van der Waals surface area (Å²) in [5.41, 5.74) is -2.72. The molecule has 0 radical (unpaired) electrons. The molecule has 0 aliphatic heterocycles. The molecule has 0 saturated carbocycles. The van der Waals surface area contributed by atoms with Crippen molar-refractivity contribution in [3.63, 3.8) is 0 Å². The topological polar surface area (TPSA) is 26.0 Å². The zero-order valence-electron chi connectivity index (χ0n) is 15.4. The van der Waals surface area contributed by atoms with Gasteiger partial charge in [0.15, 0.2) is 2.82 Å². The first-order chi connectivity index (χ1) is 8.80. The minimum Gasteiger partial charge on any atom is -0.399 e. The van der Waals surface area contributed by atoms with Gasteiger partial charge in [0.05, 0.1) is 4.11 Å². The summed E-state index contributed by atoms with van der Waals surface area (Å²) in [7, 11) is 0. The first kappa shape index (κ1) is 1.09. The third kappa shape index (κ3) is 1.22. The van der Waals surface area contributed by atoms with Crippen molar-refractivity contribution in [3.05, 3.63) is 29.3 Å². The van der Waals surface area contributed by atoms with Gasteiger partial charge in [0, 0.05) is 13.9 Å². The van der Waals surface area contributed by atoms with Gasteiger partial charge in [-0.15, -0.1) is 0 Å². The van der Waals surface area contributed by atoms with Crippen molar-refractivity contribution >= 4 is 5.69 Å². The molecule has 0 saturated heterocycles. The average Bonchev–Trinajstić information content (AvgIpc) is 2.18. The van der Waals surface area contributed by atoms with E-state index in [0.717, 1.165) is 0 Å². The maximum absolute atomic E-state index is 7.71. The first-order valence-electron chi connectivity index (χ1n) is 7.62. The monoisotopic (exact) mass is 132 g/mol. The molecule has 48 valence electrons. The third-order valence-electron chi connectivity index (χ3n) is 0.793. The van der Waals surface area contributed by atoms with E-state index in [-0.39, 0.29) is 5.72 Å². The van der Waals surface area contributed by atoms with Crippen LogP contribution in [0.15, 0.2) is 18.1 Å². The quantitative estimate of drug-likeness (QED) is 0.580. The number of nitrogens with two attached hydrogens (primary N) is 1. The van der Waals surface area contributed by atoms with Crippen LogP contribution in [0.2, 0.25) is 2.82 Å². The SMILES string of the molecule is [2H]c1c([2H])c(C([2H])([2H])[2H])c([2H])c(C([2H])([2H])[2H])c1N([2H])[2H]. The van der Waals surface area contributed by atoms with Gasteiger partial charge in [0.25, 0.3) is 0 Å². The number of rotatable bonds is 1. The molecular formula is C8H11N. The Kier molecular flexibility index (Phi) is 0.254. The molecule has 0 unspecified atom stereocenters. The fraction of sp³-hybridized carbons (Fsp3) is 0.250. The maximum atomic E-state index is 7.71. The molecule has 0 fully saturated rings. The average molecular weight is 132 g/mol. The van der Waals surface area contributed by atoms with Crippen molar-refractivity contribution in [2.24, 2.45) is 0 Å². The minimum absolute atomic E-state index is 0.191. The van der Waals surface area contributed by atoms with Crippen LogP contribution in [-0.4, -0.2) is 0 Å². The van der Waals surface area contributed by atoms with E-state index in [1.807, 2.05) is 0 Å². The van der Waals surface area contributed by atoms with Gasteiger partial charge in [0.1, 0.15) is 0 Å². The summed E-state index contributed by atoms with van der Waals surface area (Å²) in [6, 6.07) is -2.70. The second-order valence-corrected chi connectivity index (χ2v) is 1.47.